The average molecular weight is 406 g/mol. The first-order chi connectivity index (χ1) is 14.5. The Morgan fingerprint density at radius 3 is 2.23 bits per heavy atom. The molecule has 2 aromatic rings. The van der Waals surface area contributed by atoms with Crippen LogP contribution in [0.4, 0.5) is 4.79 Å². The smallest absolute Gasteiger partial charge is 0.322 e. The standard InChI is InChI=1S/C23H26N4O3/c1-23(21(29)24-22(30)25-23)19-9-7-18(8-10-19)20(28)27-15-13-26(14-16-27)12-11-17-5-3-2-4-6-17/h2-10H,11-16H2,1H3,(H2,24,25,29,30)/t23-/m1/s1. The average Bonchev–Trinajstić information content (AvgIpc) is 3.05. The van der Waals surface area contributed by atoms with Gasteiger partial charge in [0.15, 0.2) is 0 Å². The van der Waals surface area contributed by atoms with Crippen LogP contribution in [0.1, 0.15) is 28.4 Å². The zero-order valence-electron chi connectivity index (χ0n) is 17.1. The zero-order valence-corrected chi connectivity index (χ0v) is 17.1. The minimum atomic E-state index is -1.11. The molecule has 2 aliphatic rings. The zero-order chi connectivity index (χ0) is 21.1. The molecular weight excluding hydrogens is 380 g/mol. The Morgan fingerprint density at radius 1 is 0.967 bits per heavy atom. The Balaban J connectivity index is 1.32. The van der Waals surface area contributed by atoms with E-state index in [-0.39, 0.29) is 5.91 Å². The maximum absolute atomic E-state index is 12.9. The molecule has 0 unspecified atom stereocenters. The van der Waals surface area contributed by atoms with Crippen molar-refractivity contribution in [3.8, 4) is 0 Å². The number of amides is 4. The van der Waals surface area contributed by atoms with Crippen molar-refractivity contribution in [3.63, 3.8) is 0 Å². The van der Waals surface area contributed by atoms with Crippen LogP contribution in [0.3, 0.4) is 0 Å². The largest absolute Gasteiger partial charge is 0.336 e. The van der Waals surface area contributed by atoms with Crippen LogP contribution in [0.5, 0.6) is 0 Å². The molecule has 2 aromatic carbocycles. The number of nitrogens with zero attached hydrogens (tertiary/aromatic N) is 2. The number of hydrogen-bond donors (Lipinski definition) is 2. The van der Waals surface area contributed by atoms with Gasteiger partial charge in [0.2, 0.25) is 0 Å². The molecule has 2 N–H and O–H groups in total. The molecular formula is C23H26N4O3. The number of piperazine rings is 1. The van der Waals surface area contributed by atoms with Gasteiger partial charge in [-0.2, -0.15) is 0 Å². The third-order valence-corrected chi connectivity index (χ3v) is 5.97. The molecule has 0 radical (unpaired) electrons. The molecule has 0 saturated carbocycles. The quantitative estimate of drug-likeness (QED) is 0.741. The molecule has 2 aliphatic heterocycles. The van der Waals surface area contributed by atoms with E-state index in [1.54, 1.807) is 31.2 Å². The summed E-state index contributed by atoms with van der Waals surface area (Å²) in [5.41, 5.74) is 1.46. The van der Waals surface area contributed by atoms with E-state index in [0.717, 1.165) is 26.1 Å². The lowest BCUT2D eigenvalue weighted by atomic mass is 9.91. The number of rotatable bonds is 5. The predicted molar refractivity (Wildman–Crippen MR) is 113 cm³/mol. The molecule has 2 heterocycles. The van der Waals surface area contributed by atoms with Gasteiger partial charge in [-0.1, -0.05) is 42.5 Å². The van der Waals surface area contributed by atoms with Crippen LogP contribution in [-0.4, -0.2) is 60.4 Å². The Hall–Kier alpha value is -3.19. The molecule has 0 bridgehead atoms. The highest BCUT2D eigenvalue weighted by Gasteiger charge is 2.43. The normalized spacial score (nSPS) is 22.0. The molecule has 0 spiro atoms. The van der Waals surface area contributed by atoms with Crippen molar-refractivity contribution in [1.29, 1.82) is 0 Å². The molecule has 0 aromatic heterocycles. The number of hydrogen-bond acceptors (Lipinski definition) is 4. The van der Waals surface area contributed by atoms with E-state index >= 15 is 0 Å². The van der Waals surface area contributed by atoms with Gasteiger partial charge in [0.25, 0.3) is 11.8 Å². The van der Waals surface area contributed by atoms with E-state index in [1.165, 1.54) is 5.56 Å². The minimum absolute atomic E-state index is 0.00526. The van der Waals surface area contributed by atoms with Crippen LogP contribution in [0, 0.1) is 0 Å². The van der Waals surface area contributed by atoms with Gasteiger partial charge in [0.05, 0.1) is 0 Å². The molecule has 2 fully saturated rings. The highest BCUT2D eigenvalue weighted by atomic mass is 16.2. The summed E-state index contributed by atoms with van der Waals surface area (Å²) in [5.74, 6) is -0.396. The molecule has 2 saturated heterocycles. The van der Waals surface area contributed by atoms with E-state index in [2.05, 4.69) is 39.8 Å². The summed E-state index contributed by atoms with van der Waals surface area (Å²) >= 11 is 0. The van der Waals surface area contributed by atoms with Gasteiger partial charge in [-0.15, -0.1) is 0 Å². The molecule has 7 heteroatoms. The van der Waals surface area contributed by atoms with Crippen LogP contribution in [-0.2, 0) is 16.8 Å². The van der Waals surface area contributed by atoms with Crippen molar-refractivity contribution in [1.82, 2.24) is 20.4 Å². The summed E-state index contributed by atoms with van der Waals surface area (Å²) in [7, 11) is 0. The monoisotopic (exact) mass is 406 g/mol. The Kier molecular flexibility index (Phi) is 5.55. The van der Waals surface area contributed by atoms with Crippen molar-refractivity contribution in [2.75, 3.05) is 32.7 Å². The second kappa shape index (κ2) is 8.28. The Labute approximate surface area is 176 Å². The van der Waals surface area contributed by atoms with Crippen molar-refractivity contribution < 1.29 is 14.4 Å². The lowest BCUT2D eigenvalue weighted by Crippen LogP contribution is -2.49. The first-order valence-corrected chi connectivity index (χ1v) is 10.3. The summed E-state index contributed by atoms with van der Waals surface area (Å²) in [6.07, 6.45) is 1.01. The molecule has 4 amide bonds. The van der Waals surface area contributed by atoms with Gasteiger partial charge in [0.1, 0.15) is 5.54 Å². The van der Waals surface area contributed by atoms with Gasteiger partial charge < -0.3 is 10.2 Å². The van der Waals surface area contributed by atoms with Crippen LogP contribution >= 0.6 is 0 Å². The van der Waals surface area contributed by atoms with Crippen molar-refractivity contribution in [3.05, 3.63) is 71.3 Å². The lowest BCUT2D eigenvalue weighted by Gasteiger charge is -2.35. The number of carbonyl (C=O) groups is 3. The minimum Gasteiger partial charge on any atom is -0.336 e. The van der Waals surface area contributed by atoms with Crippen LogP contribution in [0.15, 0.2) is 54.6 Å². The van der Waals surface area contributed by atoms with Crippen molar-refractivity contribution >= 4 is 17.8 Å². The molecule has 30 heavy (non-hydrogen) atoms. The number of imide groups is 1. The SMILES string of the molecule is C[C@]1(c2ccc(C(=O)N3CCN(CCc4ccccc4)CC3)cc2)NC(=O)NC1=O. The molecule has 1 atom stereocenters. The summed E-state index contributed by atoms with van der Waals surface area (Å²) in [6, 6.07) is 16.8. The van der Waals surface area contributed by atoms with E-state index in [1.807, 2.05) is 11.0 Å². The van der Waals surface area contributed by atoms with Gasteiger partial charge in [-0.3, -0.25) is 19.8 Å². The fourth-order valence-electron chi connectivity index (χ4n) is 3.98. The molecule has 4 rings (SSSR count). The second-order valence-corrected chi connectivity index (χ2v) is 7.98. The van der Waals surface area contributed by atoms with Gasteiger partial charge in [-0.05, 0) is 36.6 Å². The Bertz CT molecular complexity index is 937. The summed E-state index contributed by atoms with van der Waals surface area (Å²) in [5, 5.41) is 4.89. The van der Waals surface area contributed by atoms with E-state index < -0.39 is 17.5 Å². The number of benzene rings is 2. The molecule has 156 valence electrons. The lowest BCUT2D eigenvalue weighted by molar-refractivity contribution is -0.123. The van der Waals surface area contributed by atoms with E-state index in [9.17, 15) is 14.4 Å². The Morgan fingerprint density at radius 2 is 1.63 bits per heavy atom. The third kappa shape index (κ3) is 4.07. The number of nitrogens with one attached hydrogen (secondary N) is 2. The third-order valence-electron chi connectivity index (χ3n) is 5.97. The highest BCUT2D eigenvalue weighted by Crippen LogP contribution is 2.25. The highest BCUT2D eigenvalue weighted by molar-refractivity contribution is 6.07. The van der Waals surface area contributed by atoms with Gasteiger partial charge in [-0.25, -0.2) is 4.79 Å². The maximum atomic E-state index is 12.9. The van der Waals surface area contributed by atoms with Gasteiger partial charge >= 0.3 is 6.03 Å². The first-order valence-electron chi connectivity index (χ1n) is 10.3. The number of urea groups is 1. The van der Waals surface area contributed by atoms with Crippen molar-refractivity contribution in [2.24, 2.45) is 0 Å². The van der Waals surface area contributed by atoms with E-state index in [0.29, 0.717) is 24.2 Å². The summed E-state index contributed by atoms with van der Waals surface area (Å²) < 4.78 is 0. The molecule has 0 aliphatic carbocycles. The predicted octanol–water partition coefficient (Wildman–Crippen LogP) is 1.74. The fraction of sp³-hybridized carbons (Fsp3) is 0.348. The van der Waals surface area contributed by atoms with Crippen LogP contribution < -0.4 is 10.6 Å². The number of carbonyl (C=O) groups excluding carboxylic acids is 3. The second-order valence-electron chi connectivity index (χ2n) is 7.98. The summed E-state index contributed by atoms with van der Waals surface area (Å²) in [4.78, 5) is 40.7. The van der Waals surface area contributed by atoms with Crippen LogP contribution in [0.2, 0.25) is 0 Å². The van der Waals surface area contributed by atoms with Crippen LogP contribution in [0.25, 0.3) is 0 Å². The summed E-state index contributed by atoms with van der Waals surface area (Å²) in [6.45, 7) is 5.77. The van der Waals surface area contributed by atoms with Crippen molar-refractivity contribution in [2.45, 2.75) is 18.9 Å². The fourth-order valence-corrected chi connectivity index (χ4v) is 3.98. The molecule has 7 nitrogen and oxygen atoms in total. The van der Waals surface area contributed by atoms with E-state index in [4.69, 9.17) is 0 Å². The topological polar surface area (TPSA) is 81.8 Å². The van der Waals surface area contributed by atoms with Gasteiger partial charge in [0, 0.05) is 38.3 Å². The maximum Gasteiger partial charge on any atom is 0.322 e. The first kappa shape index (κ1) is 20.1.